The molecule has 0 saturated carbocycles. The van der Waals surface area contributed by atoms with Crippen molar-refractivity contribution < 1.29 is 13.2 Å². The summed E-state index contributed by atoms with van der Waals surface area (Å²) in [6.07, 6.45) is -2.50. The van der Waals surface area contributed by atoms with E-state index in [2.05, 4.69) is 15.0 Å². The molecule has 0 fully saturated rings. The van der Waals surface area contributed by atoms with Crippen molar-refractivity contribution in [1.82, 2.24) is 15.0 Å². The number of halogens is 3. The van der Waals surface area contributed by atoms with Crippen LogP contribution in [-0.4, -0.2) is 15.0 Å². The molecule has 2 heterocycles. The molecule has 4 aromatic rings. The number of aromatic amines is 1. The van der Waals surface area contributed by atoms with Gasteiger partial charge in [-0.1, -0.05) is 30.3 Å². The van der Waals surface area contributed by atoms with Crippen LogP contribution in [0.4, 0.5) is 13.2 Å². The number of hydrogen-bond acceptors (Lipinski definition) is 2. The largest absolute Gasteiger partial charge is 0.416 e. The lowest BCUT2D eigenvalue weighted by Gasteiger charge is -2.10. The number of nitrogens with one attached hydrogen (secondary N) is 1. The minimum atomic E-state index is -4.34. The third kappa shape index (κ3) is 4.06. The second kappa shape index (κ2) is 7.20. The number of aromatic nitrogens is 3. The molecule has 146 valence electrons. The minimum absolute atomic E-state index is 0.659. The van der Waals surface area contributed by atoms with E-state index in [1.165, 1.54) is 12.1 Å². The Morgan fingerprint density at radius 3 is 2.10 bits per heavy atom. The summed E-state index contributed by atoms with van der Waals surface area (Å²) in [7, 11) is 0. The Kier molecular flexibility index (Phi) is 4.70. The molecule has 3 nitrogen and oxygen atoms in total. The van der Waals surface area contributed by atoms with E-state index in [4.69, 9.17) is 0 Å². The quantitative estimate of drug-likeness (QED) is 0.435. The van der Waals surface area contributed by atoms with Crippen molar-refractivity contribution in [3.8, 4) is 33.8 Å². The van der Waals surface area contributed by atoms with Gasteiger partial charge in [0.05, 0.1) is 17.0 Å². The maximum absolute atomic E-state index is 12.8. The molecule has 0 radical (unpaired) electrons. The number of benzene rings is 2. The zero-order valence-electron chi connectivity index (χ0n) is 15.9. The summed E-state index contributed by atoms with van der Waals surface area (Å²) >= 11 is 0. The van der Waals surface area contributed by atoms with Crippen molar-refractivity contribution in [2.75, 3.05) is 0 Å². The predicted molar refractivity (Wildman–Crippen MR) is 107 cm³/mol. The first-order valence-electron chi connectivity index (χ1n) is 9.09. The van der Waals surface area contributed by atoms with Gasteiger partial charge in [0.2, 0.25) is 0 Å². The predicted octanol–water partition coefficient (Wildman–Crippen LogP) is 6.44. The lowest BCUT2D eigenvalue weighted by atomic mass is 10.00. The first-order valence-corrected chi connectivity index (χ1v) is 9.09. The molecule has 0 unspecified atom stereocenters. The standard InChI is InChI=1S/C23H18F3N3/c1-14-10-19(16-6-8-20(9-7-16)23(24,25)26)12-21(28-14)17-4-3-5-18(11-17)22-27-13-15(2)29-22/h3-13H,1-2H3,(H,27,29). The van der Waals surface area contributed by atoms with Crippen LogP contribution in [0, 0.1) is 13.8 Å². The van der Waals surface area contributed by atoms with E-state index in [9.17, 15) is 13.2 Å². The van der Waals surface area contributed by atoms with Crippen LogP contribution in [0.5, 0.6) is 0 Å². The molecule has 6 heteroatoms. The highest BCUT2D eigenvalue weighted by Gasteiger charge is 2.30. The van der Waals surface area contributed by atoms with Crippen LogP contribution >= 0.6 is 0 Å². The van der Waals surface area contributed by atoms with Crippen molar-refractivity contribution in [2.45, 2.75) is 20.0 Å². The first kappa shape index (κ1) is 18.9. The number of rotatable bonds is 3. The van der Waals surface area contributed by atoms with Crippen LogP contribution in [0.2, 0.25) is 0 Å². The van der Waals surface area contributed by atoms with Crippen LogP contribution in [0.15, 0.2) is 66.9 Å². The van der Waals surface area contributed by atoms with Gasteiger partial charge in [-0.15, -0.1) is 0 Å². The van der Waals surface area contributed by atoms with Gasteiger partial charge in [0.25, 0.3) is 0 Å². The van der Waals surface area contributed by atoms with Gasteiger partial charge in [0, 0.05) is 23.0 Å². The number of H-pyrrole nitrogens is 1. The maximum Gasteiger partial charge on any atom is 0.416 e. The number of nitrogens with zero attached hydrogens (tertiary/aromatic N) is 2. The second-order valence-electron chi connectivity index (χ2n) is 6.93. The Bertz CT molecular complexity index is 1160. The lowest BCUT2D eigenvalue weighted by molar-refractivity contribution is -0.137. The molecule has 0 aliphatic rings. The van der Waals surface area contributed by atoms with Gasteiger partial charge < -0.3 is 4.98 Å². The van der Waals surface area contributed by atoms with Crippen molar-refractivity contribution in [1.29, 1.82) is 0 Å². The number of hydrogen-bond donors (Lipinski definition) is 1. The molecule has 2 aromatic carbocycles. The van der Waals surface area contributed by atoms with E-state index in [1.807, 2.05) is 56.4 Å². The van der Waals surface area contributed by atoms with E-state index in [1.54, 1.807) is 0 Å². The van der Waals surface area contributed by atoms with Gasteiger partial charge in [-0.25, -0.2) is 4.98 Å². The SMILES string of the molecule is Cc1cc(-c2ccc(C(F)(F)F)cc2)cc(-c2cccc(-c3nc(C)c[nH]3)c2)n1. The van der Waals surface area contributed by atoms with Crippen molar-refractivity contribution in [3.05, 3.63) is 83.8 Å². The second-order valence-corrected chi connectivity index (χ2v) is 6.93. The number of aryl methyl sites for hydroxylation is 2. The van der Waals surface area contributed by atoms with Crippen molar-refractivity contribution in [2.24, 2.45) is 0 Å². The highest BCUT2D eigenvalue weighted by atomic mass is 19.4. The maximum atomic E-state index is 12.8. The lowest BCUT2D eigenvalue weighted by Crippen LogP contribution is -2.04. The number of alkyl halides is 3. The summed E-state index contributed by atoms with van der Waals surface area (Å²) in [5, 5.41) is 0. The fourth-order valence-electron chi connectivity index (χ4n) is 3.22. The third-order valence-electron chi connectivity index (χ3n) is 4.64. The molecule has 4 rings (SSSR count). The smallest absolute Gasteiger partial charge is 0.344 e. The zero-order chi connectivity index (χ0) is 20.6. The summed E-state index contributed by atoms with van der Waals surface area (Å²) in [5.41, 5.74) is 5.17. The molecule has 0 bridgehead atoms. The first-order chi connectivity index (χ1) is 13.8. The van der Waals surface area contributed by atoms with E-state index >= 15 is 0 Å². The van der Waals surface area contributed by atoms with E-state index < -0.39 is 11.7 Å². The molecular weight excluding hydrogens is 375 g/mol. The molecular formula is C23H18F3N3. The topological polar surface area (TPSA) is 41.6 Å². The zero-order valence-corrected chi connectivity index (χ0v) is 15.9. The Morgan fingerprint density at radius 1 is 0.724 bits per heavy atom. The molecule has 1 N–H and O–H groups in total. The summed E-state index contributed by atoms with van der Waals surface area (Å²) in [4.78, 5) is 12.2. The fraction of sp³-hybridized carbons (Fsp3) is 0.130. The molecule has 29 heavy (non-hydrogen) atoms. The molecule has 0 aliphatic carbocycles. The Hall–Kier alpha value is -3.41. The average Bonchev–Trinajstić information content (AvgIpc) is 3.13. The van der Waals surface area contributed by atoms with E-state index in [0.29, 0.717) is 5.56 Å². The van der Waals surface area contributed by atoms with Crippen LogP contribution in [-0.2, 0) is 6.18 Å². The molecule has 2 aromatic heterocycles. The van der Waals surface area contributed by atoms with Crippen LogP contribution in [0.25, 0.3) is 33.8 Å². The van der Waals surface area contributed by atoms with E-state index in [-0.39, 0.29) is 0 Å². The Balaban J connectivity index is 1.72. The van der Waals surface area contributed by atoms with E-state index in [0.717, 1.165) is 51.7 Å². The fourth-order valence-corrected chi connectivity index (χ4v) is 3.22. The van der Waals surface area contributed by atoms with Crippen molar-refractivity contribution >= 4 is 0 Å². The number of pyridine rings is 1. The third-order valence-corrected chi connectivity index (χ3v) is 4.64. The summed E-state index contributed by atoms with van der Waals surface area (Å²) in [5.74, 6) is 0.778. The minimum Gasteiger partial charge on any atom is -0.344 e. The van der Waals surface area contributed by atoms with Gasteiger partial charge in [-0.05, 0) is 55.3 Å². The van der Waals surface area contributed by atoms with Crippen LogP contribution in [0.3, 0.4) is 0 Å². The molecule has 0 aliphatic heterocycles. The highest BCUT2D eigenvalue weighted by molar-refractivity contribution is 5.73. The number of imidazole rings is 1. The van der Waals surface area contributed by atoms with Crippen LogP contribution in [0.1, 0.15) is 17.0 Å². The monoisotopic (exact) mass is 393 g/mol. The average molecular weight is 393 g/mol. The normalized spacial score (nSPS) is 11.6. The van der Waals surface area contributed by atoms with Gasteiger partial charge in [-0.2, -0.15) is 13.2 Å². The molecule has 0 atom stereocenters. The van der Waals surface area contributed by atoms with Gasteiger partial charge in [0.15, 0.2) is 0 Å². The summed E-state index contributed by atoms with van der Waals surface area (Å²) < 4.78 is 38.5. The summed E-state index contributed by atoms with van der Waals surface area (Å²) in [6.45, 7) is 3.79. The van der Waals surface area contributed by atoms with Gasteiger partial charge >= 0.3 is 6.18 Å². The van der Waals surface area contributed by atoms with Gasteiger partial charge in [-0.3, -0.25) is 4.98 Å². The van der Waals surface area contributed by atoms with Gasteiger partial charge in [0.1, 0.15) is 5.82 Å². The molecule has 0 saturated heterocycles. The molecule has 0 amide bonds. The molecule has 0 spiro atoms. The van der Waals surface area contributed by atoms with Crippen LogP contribution < -0.4 is 0 Å². The highest BCUT2D eigenvalue weighted by Crippen LogP contribution is 2.32. The Labute approximate surface area is 166 Å². The summed E-state index contributed by atoms with van der Waals surface area (Å²) in [6, 6.07) is 16.8. The van der Waals surface area contributed by atoms with Crippen molar-refractivity contribution in [3.63, 3.8) is 0 Å². The Morgan fingerprint density at radius 2 is 1.45 bits per heavy atom.